The third-order valence-corrected chi connectivity index (χ3v) is 12.8. The van der Waals surface area contributed by atoms with Gasteiger partial charge in [0, 0.05) is 56.6 Å². The van der Waals surface area contributed by atoms with Gasteiger partial charge in [0.05, 0.1) is 7.11 Å². The third kappa shape index (κ3) is 13.0. The molecule has 0 saturated heterocycles. The van der Waals surface area contributed by atoms with Crippen molar-refractivity contribution in [2.75, 3.05) is 14.2 Å². The van der Waals surface area contributed by atoms with Crippen molar-refractivity contribution in [3.63, 3.8) is 0 Å². The second-order valence-corrected chi connectivity index (χ2v) is 18.2. The van der Waals surface area contributed by atoms with Gasteiger partial charge in [-0.3, -0.25) is 24.0 Å². The maximum absolute atomic E-state index is 14.7. The minimum atomic E-state index is -1.04. The monoisotopic (exact) mass is 869 g/mol. The van der Waals surface area contributed by atoms with Crippen LogP contribution in [0.5, 0.6) is 0 Å². The number of unbranched alkanes of at least 4 members (excludes halogenated alkanes) is 3. The number of aryl methyl sites for hydroxylation is 3. The van der Waals surface area contributed by atoms with Crippen molar-refractivity contribution < 1.29 is 33.5 Å². The standard InChI is InChI=1S/C55H68N2O7/c1-9-11-13-15-45(33-46(58)28-35(3)29-50(59)43-26-24-42(25-27-43)41-22-19-39(20-23-41)14-12-10-2)54(62)57(7)52-44-21-17-37(5)48(34-44)47-31-40(18-16-36(47)4)32-49(55(63)64-8)56-53(61)38(6)30-51(52)60/h16-27,31,34-35,38,45,49,52H,9-15,28-30,32-33H2,1-8H3,(H,56,61)/t35-,38+,45+,49-,52-/m0/s1. The maximum atomic E-state index is 14.7. The van der Waals surface area contributed by atoms with Crippen molar-refractivity contribution in [3.05, 3.63) is 118 Å². The highest BCUT2D eigenvalue weighted by atomic mass is 16.5. The first-order chi connectivity index (χ1) is 30.6. The molecule has 2 amide bonds. The first-order valence-electron chi connectivity index (χ1n) is 23.3. The van der Waals surface area contributed by atoms with Gasteiger partial charge in [-0.1, -0.05) is 132 Å². The van der Waals surface area contributed by atoms with E-state index in [0.29, 0.717) is 17.5 Å². The lowest BCUT2D eigenvalue weighted by molar-refractivity contribution is -0.146. The lowest BCUT2D eigenvalue weighted by Crippen LogP contribution is -2.46. The fraction of sp³-hybridized carbons (Fsp3) is 0.455. The van der Waals surface area contributed by atoms with Crippen molar-refractivity contribution in [1.82, 2.24) is 10.2 Å². The number of nitrogens with zero attached hydrogens (tertiary/aromatic N) is 1. The van der Waals surface area contributed by atoms with E-state index in [1.807, 2.05) is 81.4 Å². The molecule has 4 aromatic rings. The molecule has 0 unspecified atom stereocenters. The minimum Gasteiger partial charge on any atom is -0.467 e. The molecule has 0 radical (unpaired) electrons. The van der Waals surface area contributed by atoms with Crippen LogP contribution < -0.4 is 5.32 Å². The summed E-state index contributed by atoms with van der Waals surface area (Å²) in [5.41, 5.74) is 9.25. The summed E-state index contributed by atoms with van der Waals surface area (Å²) >= 11 is 0. The molecule has 64 heavy (non-hydrogen) atoms. The van der Waals surface area contributed by atoms with Crippen molar-refractivity contribution in [2.24, 2.45) is 17.8 Å². The lowest BCUT2D eigenvalue weighted by Gasteiger charge is -2.32. The first-order valence-corrected chi connectivity index (χ1v) is 23.3. The van der Waals surface area contributed by atoms with Crippen LogP contribution in [0.1, 0.15) is 136 Å². The van der Waals surface area contributed by atoms with Crippen LogP contribution in [-0.2, 0) is 41.6 Å². The molecule has 0 spiro atoms. The molecule has 1 aliphatic heterocycles. The minimum absolute atomic E-state index is 0.00286. The number of esters is 1. The summed E-state index contributed by atoms with van der Waals surface area (Å²) in [7, 11) is 2.89. The lowest BCUT2D eigenvalue weighted by atomic mass is 9.86. The first kappa shape index (κ1) is 49.3. The van der Waals surface area contributed by atoms with Crippen LogP contribution in [0, 0.1) is 31.6 Å². The van der Waals surface area contributed by atoms with E-state index < -0.39 is 35.8 Å². The van der Waals surface area contributed by atoms with Crippen molar-refractivity contribution in [2.45, 2.75) is 131 Å². The Morgan fingerprint density at radius 3 is 2.03 bits per heavy atom. The molecule has 0 fully saturated rings. The Bertz CT molecular complexity index is 2280. The molecular formula is C55H68N2O7. The van der Waals surface area contributed by atoms with E-state index in [4.69, 9.17) is 4.74 Å². The molecule has 9 nitrogen and oxygen atoms in total. The summed E-state index contributed by atoms with van der Waals surface area (Å²) in [6.45, 7) is 11.8. The van der Waals surface area contributed by atoms with E-state index in [1.165, 1.54) is 17.6 Å². The molecule has 9 heteroatoms. The van der Waals surface area contributed by atoms with Crippen LogP contribution in [0.25, 0.3) is 22.3 Å². The topological polar surface area (TPSA) is 127 Å². The normalized spacial score (nSPS) is 17.4. The van der Waals surface area contributed by atoms with E-state index in [0.717, 1.165) is 77.5 Å². The number of ketones is 3. The summed E-state index contributed by atoms with van der Waals surface area (Å²) in [5, 5.41) is 2.82. The molecule has 1 N–H and O–H groups in total. The Labute approximate surface area is 380 Å². The van der Waals surface area contributed by atoms with Crippen LogP contribution in [-0.4, -0.2) is 60.2 Å². The smallest absolute Gasteiger partial charge is 0.328 e. The predicted molar refractivity (Wildman–Crippen MR) is 254 cm³/mol. The van der Waals surface area contributed by atoms with E-state index >= 15 is 0 Å². The summed E-state index contributed by atoms with van der Waals surface area (Å²) in [4.78, 5) is 84.4. The number of nitrogens with one attached hydrogen (secondary N) is 1. The molecule has 340 valence electrons. The van der Waals surface area contributed by atoms with Crippen LogP contribution in [0.15, 0.2) is 84.9 Å². The SMILES string of the molecule is CCCCC[C@H](CC(=O)C[C@H](C)CC(=O)c1ccc(-c2ccc(CCCC)cc2)cc1)C(=O)N(C)[C@@H]1C(=O)C[C@@H](C)C(=O)N[C@H](C(=O)OC)Cc2ccc(C)c(c2)-c2cc1ccc2C. The van der Waals surface area contributed by atoms with E-state index in [1.54, 1.807) is 14.0 Å². The molecule has 1 aliphatic rings. The fourth-order valence-electron chi connectivity index (χ4n) is 8.92. The summed E-state index contributed by atoms with van der Waals surface area (Å²) in [5.74, 6) is -3.56. The van der Waals surface area contributed by atoms with Gasteiger partial charge >= 0.3 is 5.97 Å². The van der Waals surface area contributed by atoms with Gasteiger partial charge in [0.1, 0.15) is 17.9 Å². The Morgan fingerprint density at radius 2 is 1.39 bits per heavy atom. The zero-order chi connectivity index (χ0) is 46.5. The average Bonchev–Trinajstić information content (AvgIpc) is 3.28. The number of fused-ring (bicyclic) bond motifs is 5. The highest BCUT2D eigenvalue weighted by Gasteiger charge is 2.36. The van der Waals surface area contributed by atoms with Gasteiger partial charge in [-0.25, -0.2) is 4.79 Å². The van der Waals surface area contributed by atoms with Crippen LogP contribution in [0.4, 0.5) is 0 Å². The molecule has 0 aromatic heterocycles. The Kier molecular flexibility index (Phi) is 18.0. The second kappa shape index (κ2) is 23.3. The fourth-order valence-corrected chi connectivity index (χ4v) is 8.92. The highest BCUT2D eigenvalue weighted by Crippen LogP contribution is 2.35. The van der Waals surface area contributed by atoms with Gasteiger partial charge in [-0.15, -0.1) is 0 Å². The number of ether oxygens (including phenoxy) is 1. The van der Waals surface area contributed by atoms with E-state index in [2.05, 4.69) is 43.4 Å². The van der Waals surface area contributed by atoms with Crippen molar-refractivity contribution in [1.29, 1.82) is 0 Å². The molecular weight excluding hydrogens is 801 g/mol. The summed E-state index contributed by atoms with van der Waals surface area (Å²) in [6.07, 6.45) is 6.79. The van der Waals surface area contributed by atoms with Gasteiger partial charge in [0.2, 0.25) is 11.8 Å². The number of rotatable bonds is 18. The van der Waals surface area contributed by atoms with Crippen LogP contribution in [0.3, 0.4) is 0 Å². The summed E-state index contributed by atoms with van der Waals surface area (Å²) < 4.78 is 5.05. The average molecular weight is 869 g/mol. The Balaban J connectivity index is 1.35. The number of hydrogen-bond donors (Lipinski definition) is 1. The molecule has 1 heterocycles. The predicted octanol–water partition coefficient (Wildman–Crippen LogP) is 10.7. The zero-order valence-corrected chi connectivity index (χ0v) is 39.3. The van der Waals surface area contributed by atoms with Crippen LogP contribution >= 0.6 is 0 Å². The number of likely N-dealkylation sites (N-methyl/N-ethyl adjacent to an activating group) is 1. The van der Waals surface area contributed by atoms with Gasteiger partial charge < -0.3 is 15.0 Å². The zero-order valence-electron chi connectivity index (χ0n) is 39.3. The number of benzene rings is 4. The van der Waals surface area contributed by atoms with E-state index in [9.17, 15) is 28.8 Å². The number of carbonyl (C=O) groups is 6. The molecule has 0 saturated carbocycles. The van der Waals surface area contributed by atoms with Gasteiger partial charge in [-0.2, -0.15) is 0 Å². The second-order valence-electron chi connectivity index (χ2n) is 18.2. The third-order valence-electron chi connectivity index (χ3n) is 12.8. The number of hydrogen-bond acceptors (Lipinski definition) is 7. The number of Topliss-reactive ketones (excluding diaryl/α,β-unsaturated/α-hetero) is 3. The van der Waals surface area contributed by atoms with Crippen molar-refractivity contribution in [3.8, 4) is 22.3 Å². The molecule has 4 aromatic carbocycles. The van der Waals surface area contributed by atoms with Crippen molar-refractivity contribution >= 4 is 35.1 Å². The molecule has 5 rings (SSSR count). The Hall–Kier alpha value is -5.70. The molecule has 4 bridgehead atoms. The molecule has 0 aliphatic carbocycles. The molecule has 5 atom stereocenters. The number of methoxy groups -OCH3 is 1. The van der Waals surface area contributed by atoms with Gasteiger partial charge in [0.15, 0.2) is 11.6 Å². The Morgan fingerprint density at radius 1 is 0.766 bits per heavy atom. The highest BCUT2D eigenvalue weighted by molar-refractivity contribution is 5.98. The van der Waals surface area contributed by atoms with E-state index in [-0.39, 0.29) is 61.3 Å². The van der Waals surface area contributed by atoms with Gasteiger partial charge in [0.25, 0.3) is 0 Å². The quantitative estimate of drug-likeness (QED) is 0.0599. The van der Waals surface area contributed by atoms with Gasteiger partial charge in [-0.05, 0) is 95.2 Å². The maximum Gasteiger partial charge on any atom is 0.328 e. The summed E-state index contributed by atoms with van der Waals surface area (Å²) in [6, 6.07) is 25.9. The van der Waals surface area contributed by atoms with Crippen LogP contribution in [0.2, 0.25) is 0 Å². The largest absolute Gasteiger partial charge is 0.467 e. The number of amides is 2. The number of carbonyl (C=O) groups excluding carboxylic acids is 6.